The predicted octanol–water partition coefficient (Wildman–Crippen LogP) is 1.89. The maximum Gasteiger partial charge on any atom is 0.173 e. The Morgan fingerprint density at radius 2 is 2.07 bits per heavy atom. The molecule has 2 rings (SSSR count). The molecule has 0 saturated carbocycles. The van der Waals surface area contributed by atoms with Crippen LogP contribution in [0.4, 0.5) is 0 Å². The summed E-state index contributed by atoms with van der Waals surface area (Å²) in [4.78, 5) is 12.2. The Morgan fingerprint density at radius 1 is 1.43 bits per heavy atom. The van der Waals surface area contributed by atoms with Crippen LogP contribution >= 0.6 is 12.2 Å². The third kappa shape index (κ3) is 1.16. The molecule has 2 unspecified atom stereocenters. The van der Waals surface area contributed by atoms with Crippen molar-refractivity contribution in [2.75, 3.05) is 0 Å². The summed E-state index contributed by atoms with van der Waals surface area (Å²) in [6.45, 7) is 1.99. The fourth-order valence-electron chi connectivity index (χ4n) is 2.07. The van der Waals surface area contributed by atoms with Gasteiger partial charge in [-0.1, -0.05) is 43.4 Å². The molecule has 2 atom stereocenters. The van der Waals surface area contributed by atoms with Crippen molar-refractivity contribution in [2.45, 2.75) is 12.8 Å². The lowest BCUT2D eigenvalue weighted by Gasteiger charge is -2.11. The number of ketones is 1. The van der Waals surface area contributed by atoms with E-state index >= 15 is 0 Å². The molecule has 0 fully saturated rings. The predicted molar refractivity (Wildman–Crippen MR) is 59.5 cm³/mol. The molecule has 1 aromatic rings. The molecule has 72 valence electrons. The maximum atomic E-state index is 11.9. The van der Waals surface area contributed by atoms with E-state index in [0.717, 1.165) is 11.1 Å². The Bertz CT molecular complexity index is 414. The van der Waals surface area contributed by atoms with Gasteiger partial charge in [-0.3, -0.25) is 4.79 Å². The summed E-state index contributed by atoms with van der Waals surface area (Å²) in [5.41, 5.74) is 7.41. The zero-order valence-corrected chi connectivity index (χ0v) is 8.67. The van der Waals surface area contributed by atoms with Gasteiger partial charge in [0.15, 0.2) is 5.78 Å². The van der Waals surface area contributed by atoms with Crippen molar-refractivity contribution in [1.29, 1.82) is 0 Å². The number of hydrogen-bond acceptors (Lipinski definition) is 2. The van der Waals surface area contributed by atoms with Gasteiger partial charge in [-0.05, 0) is 11.5 Å². The van der Waals surface area contributed by atoms with E-state index in [0.29, 0.717) is 4.99 Å². The number of rotatable bonds is 1. The second-order valence-electron chi connectivity index (χ2n) is 3.62. The van der Waals surface area contributed by atoms with Gasteiger partial charge in [-0.2, -0.15) is 0 Å². The Kier molecular flexibility index (Phi) is 2.11. The molecule has 0 heterocycles. The summed E-state index contributed by atoms with van der Waals surface area (Å²) in [6.07, 6.45) is 0. The minimum atomic E-state index is -0.303. The van der Waals surface area contributed by atoms with Crippen molar-refractivity contribution < 1.29 is 4.79 Å². The first-order valence-electron chi connectivity index (χ1n) is 4.55. The fraction of sp³-hybridized carbons (Fsp3) is 0.273. The largest absolute Gasteiger partial charge is 0.393 e. The van der Waals surface area contributed by atoms with Gasteiger partial charge in [0, 0.05) is 5.56 Å². The van der Waals surface area contributed by atoms with Gasteiger partial charge in [0.2, 0.25) is 0 Å². The summed E-state index contributed by atoms with van der Waals surface area (Å²) in [6, 6.07) is 7.61. The van der Waals surface area contributed by atoms with E-state index in [1.807, 2.05) is 31.2 Å². The fourth-order valence-corrected chi connectivity index (χ4v) is 2.38. The molecule has 0 aliphatic heterocycles. The molecule has 0 spiro atoms. The highest BCUT2D eigenvalue weighted by atomic mass is 32.1. The molecular formula is C11H11NOS. The van der Waals surface area contributed by atoms with Crippen molar-refractivity contribution in [3.8, 4) is 0 Å². The smallest absolute Gasteiger partial charge is 0.173 e. The van der Waals surface area contributed by atoms with Crippen LogP contribution in [0.25, 0.3) is 0 Å². The van der Waals surface area contributed by atoms with Crippen LogP contribution < -0.4 is 5.73 Å². The first kappa shape index (κ1) is 9.34. The monoisotopic (exact) mass is 205 g/mol. The molecule has 1 aromatic carbocycles. The van der Waals surface area contributed by atoms with Crippen LogP contribution in [0, 0.1) is 5.92 Å². The molecule has 0 amide bonds. The number of Topliss-reactive ketones (excluding diaryl/α,β-unsaturated/α-hetero) is 1. The summed E-state index contributed by atoms with van der Waals surface area (Å²) in [5.74, 6) is -0.112. The number of fused-ring (bicyclic) bond motifs is 1. The molecule has 3 heteroatoms. The SMILES string of the molecule is CC1c2ccccc2C(=O)C1C(N)=S. The molecule has 0 bridgehead atoms. The molecule has 0 aromatic heterocycles. The molecular weight excluding hydrogens is 194 g/mol. The third-order valence-corrected chi connectivity index (χ3v) is 3.06. The summed E-state index contributed by atoms with van der Waals surface area (Å²) in [7, 11) is 0. The lowest BCUT2D eigenvalue weighted by Crippen LogP contribution is -2.27. The van der Waals surface area contributed by atoms with Crippen molar-refractivity contribution >= 4 is 23.0 Å². The summed E-state index contributed by atoms with van der Waals surface area (Å²) < 4.78 is 0. The average molecular weight is 205 g/mol. The van der Waals surface area contributed by atoms with E-state index in [4.69, 9.17) is 18.0 Å². The first-order chi connectivity index (χ1) is 6.63. The average Bonchev–Trinajstić information content (AvgIpc) is 2.41. The zero-order chi connectivity index (χ0) is 10.3. The van der Waals surface area contributed by atoms with E-state index < -0.39 is 0 Å². The zero-order valence-electron chi connectivity index (χ0n) is 7.86. The van der Waals surface area contributed by atoms with Crippen LogP contribution in [0.1, 0.15) is 28.8 Å². The Balaban J connectivity index is 2.53. The van der Waals surface area contributed by atoms with Gasteiger partial charge in [0.25, 0.3) is 0 Å². The van der Waals surface area contributed by atoms with Crippen LogP contribution in [-0.2, 0) is 0 Å². The van der Waals surface area contributed by atoms with Gasteiger partial charge >= 0.3 is 0 Å². The van der Waals surface area contributed by atoms with E-state index in [9.17, 15) is 4.79 Å². The summed E-state index contributed by atoms with van der Waals surface area (Å²) >= 11 is 4.91. The minimum absolute atomic E-state index is 0.0700. The quantitative estimate of drug-likeness (QED) is 0.712. The second kappa shape index (κ2) is 3.17. The lowest BCUT2D eigenvalue weighted by atomic mass is 9.94. The van der Waals surface area contributed by atoms with Crippen molar-refractivity contribution in [3.63, 3.8) is 0 Å². The van der Waals surface area contributed by atoms with E-state index in [1.165, 1.54) is 0 Å². The standard InChI is InChI=1S/C11H11NOS/c1-6-7-4-2-3-5-8(7)10(13)9(6)11(12)14/h2-6,9H,1H3,(H2,12,14). The Labute approximate surface area is 88.1 Å². The van der Waals surface area contributed by atoms with Crippen LogP contribution in [0.3, 0.4) is 0 Å². The highest BCUT2D eigenvalue weighted by Crippen LogP contribution is 2.37. The molecule has 14 heavy (non-hydrogen) atoms. The molecule has 0 radical (unpaired) electrons. The lowest BCUT2D eigenvalue weighted by molar-refractivity contribution is 0.0962. The number of carbonyl (C=O) groups excluding carboxylic acids is 1. The minimum Gasteiger partial charge on any atom is -0.393 e. The third-order valence-electron chi connectivity index (χ3n) is 2.81. The van der Waals surface area contributed by atoms with Gasteiger partial charge in [-0.25, -0.2) is 0 Å². The van der Waals surface area contributed by atoms with Crippen LogP contribution in [0.5, 0.6) is 0 Å². The van der Waals surface area contributed by atoms with Gasteiger partial charge in [0.1, 0.15) is 0 Å². The molecule has 0 saturated heterocycles. The van der Waals surface area contributed by atoms with Crippen LogP contribution in [0.2, 0.25) is 0 Å². The summed E-state index contributed by atoms with van der Waals surface area (Å²) in [5, 5.41) is 0. The van der Waals surface area contributed by atoms with E-state index in [2.05, 4.69) is 0 Å². The Morgan fingerprint density at radius 3 is 2.64 bits per heavy atom. The molecule has 1 aliphatic carbocycles. The normalized spacial score (nSPS) is 24.8. The number of benzene rings is 1. The van der Waals surface area contributed by atoms with Crippen molar-refractivity contribution in [3.05, 3.63) is 35.4 Å². The van der Waals surface area contributed by atoms with Crippen molar-refractivity contribution in [1.82, 2.24) is 0 Å². The first-order valence-corrected chi connectivity index (χ1v) is 4.96. The van der Waals surface area contributed by atoms with Gasteiger partial charge in [-0.15, -0.1) is 0 Å². The van der Waals surface area contributed by atoms with E-state index in [1.54, 1.807) is 0 Å². The molecule has 1 aliphatic rings. The van der Waals surface area contributed by atoms with E-state index in [-0.39, 0.29) is 17.6 Å². The van der Waals surface area contributed by atoms with Gasteiger partial charge in [0.05, 0.1) is 10.9 Å². The topological polar surface area (TPSA) is 43.1 Å². The van der Waals surface area contributed by atoms with Crippen LogP contribution in [0.15, 0.2) is 24.3 Å². The molecule has 2 N–H and O–H groups in total. The highest BCUT2D eigenvalue weighted by Gasteiger charge is 2.38. The van der Waals surface area contributed by atoms with Gasteiger partial charge < -0.3 is 5.73 Å². The maximum absolute atomic E-state index is 11.9. The Hall–Kier alpha value is -1.22. The number of hydrogen-bond donors (Lipinski definition) is 1. The highest BCUT2D eigenvalue weighted by molar-refractivity contribution is 7.80. The second-order valence-corrected chi connectivity index (χ2v) is 4.09. The molecule has 2 nitrogen and oxygen atoms in total. The number of thiocarbonyl (C=S) groups is 1. The number of carbonyl (C=O) groups is 1. The van der Waals surface area contributed by atoms with Crippen molar-refractivity contribution in [2.24, 2.45) is 11.7 Å². The van der Waals surface area contributed by atoms with Crippen LogP contribution in [-0.4, -0.2) is 10.8 Å². The number of nitrogens with two attached hydrogens (primary N) is 1.